The summed E-state index contributed by atoms with van der Waals surface area (Å²) in [6.45, 7) is 7.92. The molecule has 1 aliphatic heterocycles. The van der Waals surface area contributed by atoms with Crippen molar-refractivity contribution in [1.29, 1.82) is 0 Å². The number of hydrogen-bond acceptors (Lipinski definition) is 7. The van der Waals surface area contributed by atoms with Crippen LogP contribution in [0.5, 0.6) is 11.5 Å². The monoisotopic (exact) mass is 538 g/mol. The third-order valence-electron chi connectivity index (χ3n) is 6.29. The molecule has 2 aromatic heterocycles. The second kappa shape index (κ2) is 11.0. The van der Waals surface area contributed by atoms with Crippen molar-refractivity contribution in [3.63, 3.8) is 0 Å². The lowest BCUT2D eigenvalue weighted by Crippen LogP contribution is -2.31. The van der Waals surface area contributed by atoms with E-state index < -0.39 is 23.1 Å². The van der Waals surface area contributed by atoms with Crippen LogP contribution in [0.4, 0.5) is 14.6 Å². The number of hydrogen-bond donors (Lipinski definition) is 2. The molecule has 1 fully saturated rings. The second-order valence-electron chi connectivity index (χ2n) is 9.17. The number of amides is 2. The molecule has 0 bridgehead atoms. The van der Waals surface area contributed by atoms with Crippen molar-refractivity contribution in [2.45, 2.75) is 32.4 Å². The Kier molecular flexibility index (Phi) is 7.71. The van der Waals surface area contributed by atoms with Gasteiger partial charge in [0, 0.05) is 31.4 Å². The normalized spacial score (nSPS) is 14.7. The van der Waals surface area contributed by atoms with E-state index >= 15 is 0 Å². The van der Waals surface area contributed by atoms with Crippen molar-refractivity contribution < 1.29 is 27.8 Å². The number of carbonyl (C=O) groups is 2. The number of nitrogen functional groups attached to an aromatic ring is 1. The number of benzene rings is 1. The summed E-state index contributed by atoms with van der Waals surface area (Å²) in [6, 6.07) is 0.587. The largest absolute Gasteiger partial charge is 0.493 e. The molecule has 0 radical (unpaired) electrons. The van der Waals surface area contributed by atoms with Crippen molar-refractivity contribution in [2.75, 3.05) is 33.0 Å². The van der Waals surface area contributed by atoms with E-state index in [0.717, 1.165) is 6.07 Å². The summed E-state index contributed by atoms with van der Waals surface area (Å²) in [6.07, 6.45) is 3.11. The fourth-order valence-corrected chi connectivity index (χ4v) is 4.44. The first-order chi connectivity index (χ1) is 18.6. The van der Waals surface area contributed by atoms with Crippen LogP contribution in [0.1, 0.15) is 47.9 Å². The number of likely N-dealkylation sites (tertiary alicyclic amines) is 1. The molecule has 2 amide bonds. The van der Waals surface area contributed by atoms with Crippen molar-refractivity contribution in [3.05, 3.63) is 53.4 Å². The Morgan fingerprint density at radius 1 is 1.23 bits per heavy atom. The highest BCUT2D eigenvalue weighted by Crippen LogP contribution is 2.33. The number of methoxy groups -OCH3 is 2. The molecular formula is C27H28F2N6O4. The van der Waals surface area contributed by atoms with E-state index in [1.54, 1.807) is 9.58 Å². The Hall–Kier alpha value is -4.66. The highest BCUT2D eigenvalue weighted by Gasteiger charge is 2.31. The van der Waals surface area contributed by atoms with Gasteiger partial charge in [-0.1, -0.05) is 12.5 Å². The summed E-state index contributed by atoms with van der Waals surface area (Å²) in [5, 5.41) is 7.69. The molecule has 0 saturated carbocycles. The molecule has 12 heteroatoms. The Bertz CT molecular complexity index is 1510. The average molecular weight is 539 g/mol. The van der Waals surface area contributed by atoms with Gasteiger partial charge in [-0.3, -0.25) is 14.3 Å². The molecule has 0 aliphatic carbocycles. The Labute approximate surface area is 223 Å². The minimum Gasteiger partial charge on any atom is -0.493 e. The summed E-state index contributed by atoms with van der Waals surface area (Å²) >= 11 is 0. The van der Waals surface area contributed by atoms with Gasteiger partial charge in [0.15, 0.2) is 23.1 Å². The standard InChI is InChI=1S/C27H28F2N6O4/c1-6-21(36)34-10-9-15(13-34)35-25-17(27(37)32-14(2)3)12-31-26(30)22(25)18(33-35)8-7-16-23(28)19(38-4)11-20(39-5)24(16)29/h6,11-12,14-15H,1,9-10,13H2,2-5H3,(H2,30,31)(H,32,37)/t15-/m0/s1. The number of nitrogens with one attached hydrogen (secondary N) is 1. The molecule has 0 unspecified atom stereocenters. The number of carbonyl (C=O) groups excluding carboxylic acids is 2. The van der Waals surface area contributed by atoms with Gasteiger partial charge in [-0.05, 0) is 32.3 Å². The number of nitrogens with zero attached hydrogens (tertiary/aromatic N) is 4. The lowest BCUT2D eigenvalue weighted by molar-refractivity contribution is -0.125. The fraction of sp³-hybridized carbons (Fsp3) is 0.333. The number of halogens is 2. The maximum absolute atomic E-state index is 15.0. The molecule has 3 N–H and O–H groups in total. The van der Waals surface area contributed by atoms with E-state index in [1.807, 2.05) is 13.8 Å². The van der Waals surface area contributed by atoms with E-state index in [9.17, 15) is 18.4 Å². The number of anilines is 1. The zero-order valence-electron chi connectivity index (χ0n) is 22.0. The van der Waals surface area contributed by atoms with E-state index in [2.05, 4.69) is 33.8 Å². The third-order valence-corrected chi connectivity index (χ3v) is 6.29. The molecule has 1 atom stereocenters. The molecule has 3 heterocycles. The van der Waals surface area contributed by atoms with Crippen LogP contribution in [0, 0.1) is 23.5 Å². The molecule has 10 nitrogen and oxygen atoms in total. The lowest BCUT2D eigenvalue weighted by Gasteiger charge is -2.16. The summed E-state index contributed by atoms with van der Waals surface area (Å²) in [4.78, 5) is 31.1. The molecule has 39 heavy (non-hydrogen) atoms. The van der Waals surface area contributed by atoms with Gasteiger partial charge < -0.3 is 25.4 Å². The van der Waals surface area contributed by atoms with Crippen LogP contribution in [-0.4, -0.2) is 64.8 Å². The van der Waals surface area contributed by atoms with Gasteiger partial charge >= 0.3 is 0 Å². The van der Waals surface area contributed by atoms with Gasteiger partial charge in [0.25, 0.3) is 5.91 Å². The first kappa shape index (κ1) is 27.4. The quantitative estimate of drug-likeness (QED) is 0.365. The number of aromatic nitrogens is 3. The van der Waals surface area contributed by atoms with Gasteiger partial charge in [0.1, 0.15) is 17.1 Å². The fourth-order valence-electron chi connectivity index (χ4n) is 4.44. The van der Waals surface area contributed by atoms with E-state index in [-0.39, 0.29) is 52.0 Å². The average Bonchev–Trinajstić information content (AvgIpc) is 3.54. The lowest BCUT2D eigenvalue weighted by atomic mass is 10.1. The minimum atomic E-state index is -1.01. The zero-order chi connectivity index (χ0) is 28.4. The van der Waals surface area contributed by atoms with Gasteiger partial charge in [-0.15, -0.1) is 0 Å². The zero-order valence-corrected chi connectivity index (χ0v) is 22.0. The maximum Gasteiger partial charge on any atom is 0.255 e. The highest BCUT2D eigenvalue weighted by molar-refractivity contribution is 6.09. The SMILES string of the molecule is C=CC(=O)N1CC[C@H](n2nc(C#Cc3c(F)c(OC)cc(OC)c3F)c3c(N)ncc(C(=O)NC(C)C)c32)C1. The number of ether oxygens (including phenoxy) is 2. The maximum atomic E-state index is 15.0. The minimum absolute atomic E-state index is 0.0304. The van der Waals surface area contributed by atoms with Crippen LogP contribution < -0.4 is 20.5 Å². The van der Waals surface area contributed by atoms with Crippen molar-refractivity contribution in [3.8, 4) is 23.3 Å². The van der Waals surface area contributed by atoms with E-state index in [4.69, 9.17) is 15.2 Å². The predicted molar refractivity (Wildman–Crippen MR) is 140 cm³/mol. The molecule has 4 rings (SSSR count). The first-order valence-corrected chi connectivity index (χ1v) is 12.1. The van der Waals surface area contributed by atoms with Gasteiger partial charge in [-0.25, -0.2) is 13.8 Å². The van der Waals surface area contributed by atoms with Gasteiger partial charge in [0.2, 0.25) is 5.91 Å². The number of fused-ring (bicyclic) bond motifs is 1. The Morgan fingerprint density at radius 2 is 1.90 bits per heavy atom. The molecule has 204 valence electrons. The van der Waals surface area contributed by atoms with Crippen LogP contribution in [0.2, 0.25) is 0 Å². The second-order valence-corrected chi connectivity index (χ2v) is 9.17. The molecule has 1 aliphatic rings. The molecule has 1 aromatic carbocycles. The number of pyridine rings is 1. The van der Waals surface area contributed by atoms with Crippen LogP contribution in [-0.2, 0) is 4.79 Å². The summed E-state index contributed by atoms with van der Waals surface area (Å²) in [5.41, 5.74) is 6.25. The van der Waals surface area contributed by atoms with Gasteiger partial charge in [-0.2, -0.15) is 5.10 Å². The number of rotatable bonds is 6. The molecule has 3 aromatic rings. The van der Waals surface area contributed by atoms with Crippen molar-refractivity contribution in [2.24, 2.45) is 0 Å². The highest BCUT2D eigenvalue weighted by atomic mass is 19.1. The van der Waals surface area contributed by atoms with Crippen molar-refractivity contribution in [1.82, 2.24) is 25.0 Å². The molecule has 0 spiro atoms. The van der Waals surface area contributed by atoms with Crippen molar-refractivity contribution >= 4 is 28.5 Å². The van der Waals surface area contributed by atoms with Gasteiger partial charge in [0.05, 0.1) is 36.7 Å². The molecular weight excluding hydrogens is 510 g/mol. The van der Waals surface area contributed by atoms with Crippen LogP contribution in [0.3, 0.4) is 0 Å². The van der Waals surface area contributed by atoms with E-state index in [1.165, 1.54) is 26.5 Å². The predicted octanol–water partition coefficient (Wildman–Crippen LogP) is 2.81. The third kappa shape index (κ3) is 5.07. The molecule has 1 saturated heterocycles. The summed E-state index contributed by atoms with van der Waals surface area (Å²) in [5.74, 6) is 2.07. The van der Waals surface area contributed by atoms with Crippen LogP contribution in [0.15, 0.2) is 24.9 Å². The number of nitrogens with two attached hydrogens (primary N) is 1. The topological polar surface area (TPSA) is 125 Å². The summed E-state index contributed by atoms with van der Waals surface area (Å²) < 4.78 is 41.5. The van der Waals surface area contributed by atoms with Crippen LogP contribution >= 0.6 is 0 Å². The van der Waals surface area contributed by atoms with E-state index in [0.29, 0.717) is 25.0 Å². The summed E-state index contributed by atoms with van der Waals surface area (Å²) in [7, 11) is 2.47. The smallest absolute Gasteiger partial charge is 0.255 e. The first-order valence-electron chi connectivity index (χ1n) is 12.1. The Morgan fingerprint density at radius 3 is 2.49 bits per heavy atom. The van der Waals surface area contributed by atoms with Crippen LogP contribution in [0.25, 0.3) is 10.9 Å². The Balaban J connectivity index is 1.94.